The fourth-order valence-electron chi connectivity index (χ4n) is 3.55. The Morgan fingerprint density at radius 3 is 2.95 bits per heavy atom. The van der Waals surface area contributed by atoms with Crippen LogP contribution in [0.2, 0.25) is 0 Å². The molecule has 1 heterocycles. The number of nitrogens with zero attached hydrogens (tertiary/aromatic N) is 1. The predicted molar refractivity (Wildman–Crippen MR) is 73.7 cm³/mol. The van der Waals surface area contributed by atoms with E-state index in [0.29, 0.717) is 24.5 Å². The first-order chi connectivity index (χ1) is 9.67. The molecule has 3 atom stereocenters. The van der Waals surface area contributed by atoms with Crippen molar-refractivity contribution >= 4 is 5.91 Å². The molecule has 0 N–H and O–H groups in total. The van der Waals surface area contributed by atoms with Gasteiger partial charge in [-0.1, -0.05) is 12.1 Å². The van der Waals surface area contributed by atoms with Gasteiger partial charge in [0, 0.05) is 25.1 Å². The number of fused-ring (bicyclic) bond motifs is 2. The molecule has 2 fully saturated rings. The lowest BCUT2D eigenvalue weighted by Crippen LogP contribution is -2.43. The van der Waals surface area contributed by atoms with Gasteiger partial charge in [0.15, 0.2) is 0 Å². The van der Waals surface area contributed by atoms with Gasteiger partial charge >= 0.3 is 0 Å². The quantitative estimate of drug-likeness (QED) is 0.845. The molecule has 0 unspecified atom stereocenters. The van der Waals surface area contributed by atoms with Gasteiger partial charge in [-0.25, -0.2) is 4.39 Å². The third-order valence-electron chi connectivity index (χ3n) is 4.42. The zero-order valence-electron chi connectivity index (χ0n) is 11.7. The first kappa shape index (κ1) is 13.6. The number of carbonyl (C=O) groups excluding carboxylic acids is 1. The topological polar surface area (TPSA) is 29.5 Å². The van der Waals surface area contributed by atoms with E-state index < -0.39 is 0 Å². The molecule has 1 aromatic carbocycles. The van der Waals surface area contributed by atoms with Crippen molar-refractivity contribution in [1.29, 1.82) is 0 Å². The average molecular weight is 277 g/mol. The van der Waals surface area contributed by atoms with Crippen LogP contribution in [0.5, 0.6) is 0 Å². The second-order valence-electron chi connectivity index (χ2n) is 5.73. The van der Waals surface area contributed by atoms with E-state index in [9.17, 15) is 9.18 Å². The van der Waals surface area contributed by atoms with E-state index in [1.807, 2.05) is 11.8 Å². The van der Waals surface area contributed by atoms with Crippen LogP contribution in [0.4, 0.5) is 4.39 Å². The van der Waals surface area contributed by atoms with Crippen LogP contribution in [0.3, 0.4) is 0 Å². The zero-order valence-corrected chi connectivity index (χ0v) is 11.7. The lowest BCUT2D eigenvalue weighted by atomic mass is 10.0. The van der Waals surface area contributed by atoms with Crippen molar-refractivity contribution in [3.63, 3.8) is 0 Å². The molecule has 0 radical (unpaired) electrons. The Bertz CT molecular complexity index is 505. The summed E-state index contributed by atoms with van der Waals surface area (Å²) in [4.78, 5) is 14.3. The molecule has 1 saturated heterocycles. The fourth-order valence-corrected chi connectivity index (χ4v) is 3.55. The number of amides is 1. The van der Waals surface area contributed by atoms with E-state index in [4.69, 9.17) is 4.74 Å². The summed E-state index contributed by atoms with van der Waals surface area (Å²) in [5, 5.41) is 0. The van der Waals surface area contributed by atoms with E-state index in [0.717, 1.165) is 31.6 Å². The Morgan fingerprint density at radius 2 is 2.30 bits per heavy atom. The number of halogens is 1. The largest absolute Gasteiger partial charge is 0.378 e. The van der Waals surface area contributed by atoms with Gasteiger partial charge in [-0.15, -0.1) is 0 Å². The first-order valence-corrected chi connectivity index (χ1v) is 7.33. The maximum Gasteiger partial charge on any atom is 0.227 e. The zero-order chi connectivity index (χ0) is 14.1. The first-order valence-electron chi connectivity index (χ1n) is 7.33. The minimum atomic E-state index is -0.283. The van der Waals surface area contributed by atoms with Crippen molar-refractivity contribution in [3.8, 4) is 0 Å². The molecule has 3 rings (SSSR count). The third-order valence-corrected chi connectivity index (χ3v) is 4.42. The van der Waals surface area contributed by atoms with Crippen molar-refractivity contribution in [2.75, 3.05) is 13.2 Å². The summed E-state index contributed by atoms with van der Waals surface area (Å²) in [5.74, 6) is 0.309. The van der Waals surface area contributed by atoms with Crippen molar-refractivity contribution in [2.45, 2.75) is 38.3 Å². The second kappa shape index (κ2) is 5.52. The summed E-state index contributed by atoms with van der Waals surface area (Å²) in [6.45, 7) is 3.55. The molecule has 0 aromatic heterocycles. The van der Waals surface area contributed by atoms with Gasteiger partial charge in [0.1, 0.15) is 5.82 Å². The van der Waals surface area contributed by atoms with Crippen LogP contribution in [-0.4, -0.2) is 36.1 Å². The molecular formula is C16H20FNO2. The Labute approximate surface area is 118 Å². The molecule has 2 bridgehead atoms. The summed E-state index contributed by atoms with van der Waals surface area (Å²) in [6.07, 6.45) is 2.62. The van der Waals surface area contributed by atoms with Gasteiger partial charge in [-0.3, -0.25) is 4.79 Å². The van der Waals surface area contributed by atoms with Crippen LogP contribution < -0.4 is 0 Å². The van der Waals surface area contributed by atoms with Crippen LogP contribution >= 0.6 is 0 Å². The highest BCUT2D eigenvalue weighted by Gasteiger charge is 2.46. The number of hydrogen-bond acceptors (Lipinski definition) is 2. The molecule has 1 aromatic rings. The molecule has 1 saturated carbocycles. The standard InChI is InChI=1S/C16H20FNO2/c1-2-20-15-9-14-8-12(15)10-18(14)16(19)7-11-4-3-5-13(17)6-11/h3-6,12,14-15H,2,7-10H2,1H3/t12-,14+,15+/m0/s1. The number of benzene rings is 1. The van der Waals surface area contributed by atoms with Gasteiger partial charge in [0.05, 0.1) is 12.5 Å². The molecular weight excluding hydrogens is 257 g/mol. The highest BCUT2D eigenvalue weighted by Crippen LogP contribution is 2.39. The van der Waals surface area contributed by atoms with Crippen molar-refractivity contribution in [1.82, 2.24) is 4.90 Å². The van der Waals surface area contributed by atoms with Crippen LogP contribution in [0.1, 0.15) is 25.3 Å². The van der Waals surface area contributed by atoms with Crippen LogP contribution in [-0.2, 0) is 16.0 Å². The average Bonchev–Trinajstić information content (AvgIpc) is 2.99. The van der Waals surface area contributed by atoms with Gasteiger partial charge in [-0.2, -0.15) is 0 Å². The Kier molecular flexibility index (Phi) is 3.74. The molecule has 20 heavy (non-hydrogen) atoms. The van der Waals surface area contributed by atoms with Crippen LogP contribution in [0.15, 0.2) is 24.3 Å². The van der Waals surface area contributed by atoms with E-state index >= 15 is 0 Å². The normalized spacial score (nSPS) is 28.1. The van der Waals surface area contributed by atoms with E-state index in [-0.39, 0.29) is 11.7 Å². The number of piperidine rings is 1. The van der Waals surface area contributed by atoms with E-state index in [2.05, 4.69) is 0 Å². The maximum absolute atomic E-state index is 13.1. The summed E-state index contributed by atoms with van der Waals surface area (Å²) in [6, 6.07) is 6.61. The van der Waals surface area contributed by atoms with E-state index in [1.54, 1.807) is 12.1 Å². The predicted octanol–water partition coefficient (Wildman–Crippen LogP) is 2.39. The Morgan fingerprint density at radius 1 is 1.45 bits per heavy atom. The van der Waals surface area contributed by atoms with E-state index in [1.165, 1.54) is 12.1 Å². The number of ether oxygens (including phenoxy) is 1. The SMILES string of the molecule is CCO[C@@H]1C[C@H]2C[C@H]1CN2C(=O)Cc1cccc(F)c1. The second-order valence-corrected chi connectivity index (χ2v) is 5.73. The number of likely N-dealkylation sites (tertiary alicyclic amines) is 1. The van der Waals surface area contributed by atoms with Crippen molar-refractivity contribution in [3.05, 3.63) is 35.6 Å². The molecule has 0 spiro atoms. The molecule has 1 aliphatic heterocycles. The minimum Gasteiger partial charge on any atom is -0.378 e. The summed E-state index contributed by atoms with van der Waals surface area (Å²) in [7, 11) is 0. The van der Waals surface area contributed by atoms with Gasteiger partial charge in [-0.05, 0) is 37.5 Å². The number of rotatable bonds is 4. The molecule has 1 aliphatic carbocycles. The van der Waals surface area contributed by atoms with Gasteiger partial charge in [0.2, 0.25) is 5.91 Å². The fraction of sp³-hybridized carbons (Fsp3) is 0.562. The summed E-state index contributed by atoms with van der Waals surface area (Å²) >= 11 is 0. The monoisotopic (exact) mass is 277 g/mol. The third kappa shape index (κ3) is 2.57. The highest BCUT2D eigenvalue weighted by atomic mass is 19.1. The number of hydrogen-bond donors (Lipinski definition) is 0. The maximum atomic E-state index is 13.1. The molecule has 2 aliphatic rings. The van der Waals surface area contributed by atoms with Crippen LogP contribution in [0.25, 0.3) is 0 Å². The lowest BCUT2D eigenvalue weighted by molar-refractivity contribution is -0.133. The minimum absolute atomic E-state index is 0.109. The summed E-state index contributed by atoms with van der Waals surface area (Å²) < 4.78 is 18.9. The molecule has 108 valence electrons. The van der Waals surface area contributed by atoms with Gasteiger partial charge in [0.25, 0.3) is 0 Å². The molecule has 3 nitrogen and oxygen atoms in total. The number of carbonyl (C=O) groups is 1. The van der Waals surface area contributed by atoms with Crippen molar-refractivity contribution < 1.29 is 13.9 Å². The highest BCUT2D eigenvalue weighted by molar-refractivity contribution is 5.79. The molecule has 4 heteroatoms. The molecule has 1 amide bonds. The summed E-state index contributed by atoms with van der Waals surface area (Å²) in [5.41, 5.74) is 0.749. The van der Waals surface area contributed by atoms with Gasteiger partial charge < -0.3 is 9.64 Å². The van der Waals surface area contributed by atoms with Crippen LogP contribution in [0, 0.1) is 11.7 Å². The Balaban J connectivity index is 1.60. The lowest BCUT2D eigenvalue weighted by Gasteiger charge is -2.31. The smallest absolute Gasteiger partial charge is 0.227 e. The van der Waals surface area contributed by atoms with Crippen molar-refractivity contribution in [2.24, 2.45) is 5.92 Å². The Hall–Kier alpha value is -1.42.